The Morgan fingerprint density at radius 2 is 2.26 bits per heavy atom. The number of hydrogen-bond donors (Lipinski definition) is 1. The van der Waals surface area contributed by atoms with Gasteiger partial charge in [0, 0.05) is 36.3 Å². The molecule has 0 spiro atoms. The summed E-state index contributed by atoms with van der Waals surface area (Å²) in [4.78, 5) is 13.3. The summed E-state index contributed by atoms with van der Waals surface area (Å²) in [5.74, 6) is 0. The van der Waals surface area contributed by atoms with Crippen LogP contribution < -0.4 is 5.32 Å². The zero-order chi connectivity index (χ0) is 13.4. The van der Waals surface area contributed by atoms with Gasteiger partial charge in [-0.3, -0.25) is 0 Å². The highest BCUT2D eigenvalue weighted by atomic mass is 16.2. The molecule has 1 aliphatic heterocycles. The van der Waals surface area contributed by atoms with E-state index >= 15 is 0 Å². The minimum Gasteiger partial charge on any atom is -0.350 e. The van der Waals surface area contributed by atoms with Crippen molar-refractivity contribution in [3.8, 4) is 6.07 Å². The Morgan fingerprint density at radius 1 is 1.47 bits per heavy atom. The molecule has 1 aromatic carbocycles. The monoisotopic (exact) mass is 254 g/mol. The summed E-state index contributed by atoms with van der Waals surface area (Å²) >= 11 is 0. The lowest BCUT2D eigenvalue weighted by Gasteiger charge is -2.09. The van der Waals surface area contributed by atoms with E-state index in [9.17, 15) is 4.79 Å². The number of nitrogens with one attached hydrogen (secondary N) is 1. The summed E-state index contributed by atoms with van der Waals surface area (Å²) in [5.41, 5.74) is 2.25. The number of urea groups is 1. The van der Waals surface area contributed by atoms with Gasteiger partial charge in [0.05, 0.1) is 12.1 Å². The number of para-hydroxylation sites is 1. The summed E-state index contributed by atoms with van der Waals surface area (Å²) in [7, 11) is 2.00. The van der Waals surface area contributed by atoms with E-state index in [0.717, 1.165) is 16.5 Å². The molecule has 1 saturated heterocycles. The number of nitrogens with zero attached hydrogens (tertiary/aromatic N) is 3. The van der Waals surface area contributed by atoms with E-state index in [0.29, 0.717) is 6.54 Å². The smallest absolute Gasteiger partial charge is 0.318 e. The van der Waals surface area contributed by atoms with Gasteiger partial charge in [0.15, 0.2) is 0 Å². The van der Waals surface area contributed by atoms with E-state index in [-0.39, 0.29) is 18.6 Å². The number of hydrogen-bond acceptors (Lipinski definition) is 2. The molecule has 1 N–H and O–H groups in total. The molecule has 96 valence electrons. The summed E-state index contributed by atoms with van der Waals surface area (Å²) in [5, 5.41) is 12.8. The third kappa shape index (κ3) is 1.82. The maximum atomic E-state index is 11.7. The molecule has 5 heteroatoms. The number of fused-ring (bicyclic) bond motifs is 1. The Bertz CT molecular complexity index is 682. The highest BCUT2D eigenvalue weighted by molar-refractivity contribution is 5.86. The molecule has 1 aromatic heterocycles. The average molecular weight is 254 g/mol. The first-order valence-electron chi connectivity index (χ1n) is 6.17. The van der Waals surface area contributed by atoms with Crippen LogP contribution >= 0.6 is 0 Å². The molecular weight excluding hydrogens is 240 g/mol. The number of aromatic nitrogens is 1. The van der Waals surface area contributed by atoms with Crippen LogP contribution in [-0.4, -0.2) is 28.6 Å². The normalized spacial score (nSPS) is 18.6. The lowest BCUT2D eigenvalue weighted by molar-refractivity contribution is 0.222. The van der Waals surface area contributed by atoms with Crippen LogP contribution in [0.25, 0.3) is 10.9 Å². The van der Waals surface area contributed by atoms with Crippen LogP contribution in [0.2, 0.25) is 0 Å². The van der Waals surface area contributed by atoms with Gasteiger partial charge < -0.3 is 14.8 Å². The fourth-order valence-electron chi connectivity index (χ4n) is 2.64. The summed E-state index contributed by atoms with van der Waals surface area (Å²) in [6.45, 7) is 0.674. The topological polar surface area (TPSA) is 61.1 Å². The summed E-state index contributed by atoms with van der Waals surface area (Å²) in [6.07, 6.45) is 2.05. The van der Waals surface area contributed by atoms with Crippen LogP contribution in [0.15, 0.2) is 30.5 Å². The van der Waals surface area contributed by atoms with E-state index in [1.165, 1.54) is 4.90 Å². The minimum absolute atomic E-state index is 0.0491. The number of aryl methyl sites for hydroxylation is 1. The Balaban J connectivity index is 1.98. The molecule has 1 fully saturated rings. The van der Waals surface area contributed by atoms with Crippen molar-refractivity contribution in [2.45, 2.75) is 6.04 Å². The Morgan fingerprint density at radius 3 is 3.05 bits per heavy atom. The molecule has 1 unspecified atom stereocenters. The maximum absolute atomic E-state index is 11.7. The lowest BCUT2D eigenvalue weighted by Crippen LogP contribution is -2.28. The van der Waals surface area contributed by atoms with E-state index in [2.05, 4.69) is 22.0 Å². The Hall–Kier alpha value is -2.48. The first-order chi connectivity index (χ1) is 9.20. The molecule has 19 heavy (non-hydrogen) atoms. The number of carbonyl (C=O) groups is 1. The highest BCUT2D eigenvalue weighted by Gasteiger charge is 2.31. The van der Waals surface area contributed by atoms with Gasteiger partial charge in [0.2, 0.25) is 0 Å². The van der Waals surface area contributed by atoms with Crippen molar-refractivity contribution < 1.29 is 4.79 Å². The largest absolute Gasteiger partial charge is 0.350 e. The number of rotatable bonds is 2. The van der Waals surface area contributed by atoms with E-state index in [4.69, 9.17) is 5.26 Å². The fourth-order valence-corrected chi connectivity index (χ4v) is 2.64. The third-order valence-corrected chi connectivity index (χ3v) is 3.55. The van der Waals surface area contributed by atoms with Crippen LogP contribution in [-0.2, 0) is 7.05 Å². The van der Waals surface area contributed by atoms with Crippen molar-refractivity contribution in [1.82, 2.24) is 14.8 Å². The molecule has 0 aliphatic carbocycles. The molecule has 1 aliphatic rings. The van der Waals surface area contributed by atoms with Crippen LogP contribution in [0, 0.1) is 11.3 Å². The van der Waals surface area contributed by atoms with E-state index in [1.54, 1.807) is 0 Å². The first kappa shape index (κ1) is 11.6. The molecule has 2 aromatic rings. The van der Waals surface area contributed by atoms with Crippen molar-refractivity contribution >= 4 is 16.9 Å². The molecule has 0 bridgehead atoms. The third-order valence-electron chi connectivity index (χ3n) is 3.55. The molecule has 3 rings (SSSR count). The van der Waals surface area contributed by atoms with Gasteiger partial charge in [-0.05, 0) is 6.07 Å². The fraction of sp³-hybridized carbons (Fsp3) is 0.286. The van der Waals surface area contributed by atoms with E-state index < -0.39 is 0 Å². The lowest BCUT2D eigenvalue weighted by atomic mass is 10.1. The summed E-state index contributed by atoms with van der Waals surface area (Å²) < 4.78 is 2.06. The van der Waals surface area contributed by atoms with Crippen LogP contribution in [0.3, 0.4) is 0 Å². The van der Waals surface area contributed by atoms with Crippen molar-refractivity contribution in [3.63, 3.8) is 0 Å². The number of carbonyl (C=O) groups excluding carboxylic acids is 1. The van der Waals surface area contributed by atoms with Gasteiger partial charge >= 0.3 is 6.03 Å². The van der Waals surface area contributed by atoms with Gasteiger partial charge in [0.1, 0.15) is 6.54 Å². The number of amides is 2. The molecule has 0 saturated carbocycles. The predicted molar refractivity (Wildman–Crippen MR) is 71.4 cm³/mol. The Kier molecular flexibility index (Phi) is 2.64. The van der Waals surface area contributed by atoms with Crippen LogP contribution in [0.1, 0.15) is 11.6 Å². The Labute approximate surface area is 111 Å². The second kappa shape index (κ2) is 4.32. The van der Waals surface area contributed by atoms with E-state index in [1.807, 2.05) is 31.4 Å². The second-order valence-corrected chi connectivity index (χ2v) is 4.75. The van der Waals surface area contributed by atoms with Gasteiger partial charge in [0.25, 0.3) is 0 Å². The quantitative estimate of drug-likeness (QED) is 0.830. The first-order valence-corrected chi connectivity index (χ1v) is 6.17. The molecule has 1 atom stereocenters. The maximum Gasteiger partial charge on any atom is 0.318 e. The van der Waals surface area contributed by atoms with Gasteiger partial charge in [-0.25, -0.2) is 4.79 Å². The van der Waals surface area contributed by atoms with Crippen molar-refractivity contribution in [1.29, 1.82) is 5.26 Å². The van der Waals surface area contributed by atoms with Crippen LogP contribution in [0.4, 0.5) is 4.79 Å². The number of nitriles is 1. The van der Waals surface area contributed by atoms with Crippen molar-refractivity contribution in [2.24, 2.45) is 7.05 Å². The van der Waals surface area contributed by atoms with Gasteiger partial charge in [-0.2, -0.15) is 5.26 Å². The standard InChI is InChI=1S/C14H14N4O/c1-17-8-11(10-4-2-3-5-13(10)17)12-9-18(7-6-15)14(19)16-12/h2-5,8,12H,7,9H2,1H3,(H,16,19). The van der Waals surface area contributed by atoms with Crippen molar-refractivity contribution in [3.05, 3.63) is 36.0 Å². The van der Waals surface area contributed by atoms with Crippen molar-refractivity contribution in [2.75, 3.05) is 13.1 Å². The SMILES string of the molecule is Cn1cc(C2CN(CC#N)C(=O)N2)c2ccccc21. The summed E-state index contributed by atoms with van der Waals surface area (Å²) in [6, 6.07) is 9.91. The zero-order valence-electron chi connectivity index (χ0n) is 10.6. The minimum atomic E-state index is -0.167. The average Bonchev–Trinajstić information content (AvgIpc) is 2.93. The molecular formula is C14H14N4O. The van der Waals surface area contributed by atoms with Gasteiger partial charge in [-0.1, -0.05) is 18.2 Å². The molecule has 2 heterocycles. The molecule has 0 radical (unpaired) electrons. The molecule has 5 nitrogen and oxygen atoms in total. The van der Waals surface area contributed by atoms with Crippen LogP contribution in [0.5, 0.6) is 0 Å². The predicted octanol–water partition coefficient (Wildman–Crippen LogP) is 1.77. The van der Waals surface area contributed by atoms with Gasteiger partial charge in [-0.15, -0.1) is 0 Å². The second-order valence-electron chi connectivity index (χ2n) is 4.75. The zero-order valence-corrected chi connectivity index (χ0v) is 10.6. The highest BCUT2D eigenvalue weighted by Crippen LogP contribution is 2.28. The molecule has 2 amide bonds. The number of benzene rings is 1.